The van der Waals surface area contributed by atoms with Crippen molar-refractivity contribution in [3.63, 3.8) is 0 Å². The molecule has 5 heteroatoms. The van der Waals surface area contributed by atoms with Crippen LogP contribution in [0.1, 0.15) is 23.5 Å². The Morgan fingerprint density at radius 3 is 2.76 bits per heavy atom. The summed E-state index contributed by atoms with van der Waals surface area (Å²) in [5.74, 6) is 0. The van der Waals surface area contributed by atoms with Crippen LogP contribution >= 0.6 is 34.5 Å². The lowest BCUT2D eigenvalue weighted by Gasteiger charge is -2.16. The average Bonchev–Trinajstić information content (AvgIpc) is 2.71. The van der Waals surface area contributed by atoms with Crippen molar-refractivity contribution in [3.8, 4) is 0 Å². The summed E-state index contributed by atoms with van der Waals surface area (Å²) < 4.78 is 0. The van der Waals surface area contributed by atoms with Gasteiger partial charge in [0.15, 0.2) is 0 Å². The van der Waals surface area contributed by atoms with Crippen LogP contribution in [-0.4, -0.2) is 4.98 Å². The molecule has 2 rings (SSSR count). The summed E-state index contributed by atoms with van der Waals surface area (Å²) in [7, 11) is 0. The third-order valence-electron chi connectivity index (χ3n) is 2.50. The van der Waals surface area contributed by atoms with Crippen LogP contribution in [0.5, 0.6) is 0 Å². The van der Waals surface area contributed by atoms with Gasteiger partial charge < -0.3 is 5.32 Å². The van der Waals surface area contributed by atoms with Gasteiger partial charge in [0.05, 0.1) is 33.0 Å². The highest BCUT2D eigenvalue weighted by atomic mass is 35.5. The third kappa shape index (κ3) is 2.73. The second-order valence-electron chi connectivity index (χ2n) is 3.77. The molecule has 0 radical (unpaired) electrons. The fourth-order valence-corrected chi connectivity index (χ4v) is 2.81. The molecule has 2 nitrogen and oxygen atoms in total. The maximum absolute atomic E-state index is 6.13. The first-order chi connectivity index (χ1) is 8.09. The molecule has 0 amide bonds. The fraction of sp³-hybridized carbons (Fsp3) is 0.250. The number of aromatic nitrogens is 1. The number of hydrogen-bond acceptors (Lipinski definition) is 3. The van der Waals surface area contributed by atoms with Gasteiger partial charge >= 0.3 is 0 Å². The number of aryl methyl sites for hydroxylation is 1. The Kier molecular flexibility index (Phi) is 3.92. The van der Waals surface area contributed by atoms with Crippen LogP contribution in [0.15, 0.2) is 23.7 Å². The minimum atomic E-state index is 0.165. The van der Waals surface area contributed by atoms with Gasteiger partial charge in [-0.25, -0.2) is 4.98 Å². The van der Waals surface area contributed by atoms with Crippen LogP contribution in [-0.2, 0) is 0 Å². The van der Waals surface area contributed by atoms with Crippen LogP contribution in [0, 0.1) is 6.92 Å². The van der Waals surface area contributed by atoms with Gasteiger partial charge in [-0.05, 0) is 26.0 Å². The van der Waals surface area contributed by atoms with Crippen molar-refractivity contribution in [2.75, 3.05) is 5.32 Å². The van der Waals surface area contributed by atoms with Crippen LogP contribution in [0.3, 0.4) is 0 Å². The molecule has 0 saturated heterocycles. The lowest BCUT2D eigenvalue weighted by Crippen LogP contribution is -2.06. The Morgan fingerprint density at radius 2 is 2.12 bits per heavy atom. The van der Waals surface area contributed by atoms with Crippen molar-refractivity contribution < 1.29 is 0 Å². The molecule has 1 aromatic carbocycles. The van der Waals surface area contributed by atoms with Crippen molar-refractivity contribution in [2.45, 2.75) is 19.9 Å². The zero-order valence-electron chi connectivity index (χ0n) is 9.50. The highest BCUT2D eigenvalue weighted by molar-refractivity contribution is 7.09. The van der Waals surface area contributed by atoms with E-state index in [1.165, 1.54) is 4.88 Å². The number of anilines is 1. The second-order valence-corrected chi connectivity index (χ2v) is 5.44. The zero-order chi connectivity index (χ0) is 12.4. The molecule has 1 heterocycles. The molecule has 0 spiro atoms. The molecule has 0 bridgehead atoms. The normalized spacial score (nSPS) is 12.5. The molecule has 90 valence electrons. The van der Waals surface area contributed by atoms with Gasteiger partial charge in [-0.2, -0.15) is 0 Å². The number of nitrogens with zero attached hydrogens (tertiary/aromatic N) is 1. The van der Waals surface area contributed by atoms with Gasteiger partial charge in [-0.1, -0.05) is 29.3 Å². The van der Waals surface area contributed by atoms with Gasteiger partial charge in [0.2, 0.25) is 0 Å². The summed E-state index contributed by atoms with van der Waals surface area (Å²) in [5, 5.41) is 4.47. The van der Waals surface area contributed by atoms with Crippen molar-refractivity contribution in [2.24, 2.45) is 0 Å². The van der Waals surface area contributed by atoms with E-state index in [0.29, 0.717) is 10.0 Å². The highest BCUT2D eigenvalue weighted by Crippen LogP contribution is 2.33. The molecule has 0 fully saturated rings. The number of halogens is 2. The summed E-state index contributed by atoms with van der Waals surface area (Å²) in [6.07, 6.45) is 0. The Labute approximate surface area is 115 Å². The lowest BCUT2D eigenvalue weighted by atomic mass is 10.2. The molecule has 0 aliphatic heterocycles. The van der Waals surface area contributed by atoms with E-state index >= 15 is 0 Å². The largest absolute Gasteiger partial charge is 0.376 e. The van der Waals surface area contributed by atoms with Gasteiger partial charge in [0.25, 0.3) is 0 Å². The molecule has 2 aromatic rings. The number of benzene rings is 1. The van der Waals surface area contributed by atoms with Crippen LogP contribution < -0.4 is 5.32 Å². The average molecular weight is 287 g/mol. The fourth-order valence-electron chi connectivity index (χ4n) is 1.64. The molecule has 1 aromatic heterocycles. The zero-order valence-corrected chi connectivity index (χ0v) is 11.8. The van der Waals surface area contributed by atoms with E-state index in [0.717, 1.165) is 11.4 Å². The van der Waals surface area contributed by atoms with E-state index in [-0.39, 0.29) is 6.04 Å². The number of rotatable bonds is 3. The Hall–Kier alpha value is -0.770. The van der Waals surface area contributed by atoms with E-state index in [1.807, 2.05) is 24.6 Å². The van der Waals surface area contributed by atoms with Gasteiger partial charge in [-0.15, -0.1) is 11.3 Å². The predicted octanol–water partition coefficient (Wildman–Crippen LogP) is 4.93. The Bertz CT molecular complexity index is 525. The summed E-state index contributed by atoms with van der Waals surface area (Å²) in [6, 6.07) is 5.74. The smallest absolute Gasteiger partial charge is 0.0823 e. The molecule has 1 unspecified atom stereocenters. The summed E-state index contributed by atoms with van der Waals surface area (Å²) in [5.41, 5.74) is 3.75. The SMILES string of the molecule is Cc1ncsc1C(C)Nc1cccc(Cl)c1Cl. The van der Waals surface area contributed by atoms with E-state index in [2.05, 4.69) is 17.2 Å². The maximum atomic E-state index is 6.13. The van der Waals surface area contributed by atoms with Crippen molar-refractivity contribution in [1.29, 1.82) is 0 Å². The number of hydrogen-bond donors (Lipinski definition) is 1. The quantitative estimate of drug-likeness (QED) is 0.865. The first-order valence-electron chi connectivity index (χ1n) is 5.20. The van der Waals surface area contributed by atoms with E-state index in [4.69, 9.17) is 23.2 Å². The third-order valence-corrected chi connectivity index (χ3v) is 4.43. The van der Waals surface area contributed by atoms with Crippen LogP contribution in [0.25, 0.3) is 0 Å². The van der Waals surface area contributed by atoms with Gasteiger partial charge in [0, 0.05) is 4.88 Å². The van der Waals surface area contributed by atoms with Crippen molar-refractivity contribution in [3.05, 3.63) is 44.3 Å². The minimum absolute atomic E-state index is 0.165. The van der Waals surface area contributed by atoms with Crippen LogP contribution in [0.2, 0.25) is 10.0 Å². The monoisotopic (exact) mass is 286 g/mol. The Morgan fingerprint density at radius 1 is 1.35 bits per heavy atom. The predicted molar refractivity (Wildman–Crippen MR) is 75.4 cm³/mol. The molecular weight excluding hydrogens is 275 g/mol. The highest BCUT2D eigenvalue weighted by Gasteiger charge is 2.13. The minimum Gasteiger partial charge on any atom is -0.376 e. The molecule has 17 heavy (non-hydrogen) atoms. The van der Waals surface area contributed by atoms with Crippen molar-refractivity contribution in [1.82, 2.24) is 4.98 Å². The molecule has 1 atom stereocenters. The molecule has 1 N–H and O–H groups in total. The molecule has 0 aliphatic carbocycles. The summed E-state index contributed by atoms with van der Waals surface area (Å²) in [4.78, 5) is 5.45. The molecular formula is C12H12Cl2N2S. The lowest BCUT2D eigenvalue weighted by molar-refractivity contribution is 0.890. The molecule has 0 saturated carbocycles. The standard InChI is InChI=1S/C12H12Cl2N2S/c1-7-12(17-6-15-7)8(2)16-10-5-3-4-9(13)11(10)14/h3-6,8,16H,1-2H3. The van der Waals surface area contributed by atoms with Crippen molar-refractivity contribution >= 4 is 40.2 Å². The number of nitrogens with one attached hydrogen (secondary N) is 1. The summed E-state index contributed by atoms with van der Waals surface area (Å²) in [6.45, 7) is 4.08. The van der Waals surface area contributed by atoms with Gasteiger partial charge in [0.1, 0.15) is 0 Å². The second kappa shape index (κ2) is 5.25. The topological polar surface area (TPSA) is 24.9 Å². The van der Waals surface area contributed by atoms with E-state index in [9.17, 15) is 0 Å². The first-order valence-corrected chi connectivity index (χ1v) is 6.83. The Balaban J connectivity index is 2.22. The van der Waals surface area contributed by atoms with E-state index < -0.39 is 0 Å². The number of thiazole rings is 1. The van der Waals surface area contributed by atoms with Gasteiger partial charge in [-0.3, -0.25) is 0 Å². The summed E-state index contributed by atoms with van der Waals surface area (Å²) >= 11 is 13.7. The first kappa shape index (κ1) is 12.7. The van der Waals surface area contributed by atoms with Crippen LogP contribution in [0.4, 0.5) is 5.69 Å². The molecule has 0 aliphatic rings. The maximum Gasteiger partial charge on any atom is 0.0823 e. The van der Waals surface area contributed by atoms with E-state index in [1.54, 1.807) is 17.4 Å².